The van der Waals surface area contributed by atoms with Gasteiger partial charge in [-0.15, -0.1) is 0 Å². The van der Waals surface area contributed by atoms with Gasteiger partial charge < -0.3 is 5.11 Å². The fourth-order valence-corrected chi connectivity index (χ4v) is 2.28. The second kappa shape index (κ2) is 4.33. The van der Waals surface area contributed by atoms with Crippen molar-refractivity contribution in [1.29, 1.82) is 0 Å². The Balaban J connectivity index is 2.52. The number of para-hydroxylation sites is 1. The van der Waals surface area contributed by atoms with Crippen molar-refractivity contribution in [2.75, 3.05) is 0 Å². The van der Waals surface area contributed by atoms with Crippen LogP contribution in [0.15, 0.2) is 30.3 Å². The first-order chi connectivity index (χ1) is 9.08. The van der Waals surface area contributed by atoms with E-state index in [-0.39, 0.29) is 5.56 Å². The Morgan fingerprint density at radius 2 is 1.58 bits per heavy atom. The average molecular weight is 293 g/mol. The minimum atomic E-state index is -1.06. The van der Waals surface area contributed by atoms with Crippen LogP contribution in [0, 0.1) is 0 Å². The molecule has 1 heterocycles. The van der Waals surface area contributed by atoms with Gasteiger partial charge in [0.05, 0.1) is 21.1 Å². The normalized spacial score (nSPS) is 11.1. The molecule has 1 N–H and O–H groups in total. The largest absolute Gasteiger partial charge is 0.478 e. The molecule has 0 fully saturated rings. The van der Waals surface area contributed by atoms with E-state index in [1.165, 1.54) is 6.07 Å². The zero-order valence-electron chi connectivity index (χ0n) is 9.39. The van der Waals surface area contributed by atoms with E-state index in [1.54, 1.807) is 24.3 Å². The topological polar surface area (TPSA) is 63.1 Å². The molecule has 4 nitrogen and oxygen atoms in total. The Hall–Kier alpha value is -1.91. The molecule has 2 aromatic carbocycles. The van der Waals surface area contributed by atoms with Gasteiger partial charge in [-0.05, 0) is 24.3 Å². The van der Waals surface area contributed by atoms with Gasteiger partial charge in [0.1, 0.15) is 16.6 Å². The summed E-state index contributed by atoms with van der Waals surface area (Å²) >= 11 is 12.1. The summed E-state index contributed by atoms with van der Waals surface area (Å²) in [5, 5.41) is 9.96. The Labute approximate surface area is 117 Å². The number of rotatable bonds is 1. The molecule has 1 aromatic heterocycles. The van der Waals surface area contributed by atoms with Crippen LogP contribution in [0.5, 0.6) is 0 Å². The molecule has 0 atom stereocenters. The molecule has 0 spiro atoms. The summed E-state index contributed by atoms with van der Waals surface area (Å²) in [7, 11) is 0. The van der Waals surface area contributed by atoms with E-state index in [2.05, 4.69) is 9.97 Å². The van der Waals surface area contributed by atoms with Crippen molar-refractivity contribution < 1.29 is 9.90 Å². The van der Waals surface area contributed by atoms with E-state index in [9.17, 15) is 4.79 Å². The second-order valence-electron chi connectivity index (χ2n) is 3.93. The van der Waals surface area contributed by atoms with E-state index in [0.29, 0.717) is 32.1 Å². The van der Waals surface area contributed by atoms with Gasteiger partial charge in [0.15, 0.2) is 0 Å². The summed E-state index contributed by atoms with van der Waals surface area (Å²) in [6, 6.07) is 8.02. The summed E-state index contributed by atoms with van der Waals surface area (Å²) in [5.41, 5.74) is 1.71. The predicted molar refractivity (Wildman–Crippen MR) is 74.0 cm³/mol. The van der Waals surface area contributed by atoms with E-state index < -0.39 is 5.97 Å². The van der Waals surface area contributed by atoms with E-state index in [4.69, 9.17) is 28.3 Å². The number of benzene rings is 2. The highest BCUT2D eigenvalue weighted by molar-refractivity contribution is 6.39. The zero-order valence-corrected chi connectivity index (χ0v) is 10.9. The third-order valence-corrected chi connectivity index (χ3v) is 3.36. The zero-order chi connectivity index (χ0) is 13.6. The van der Waals surface area contributed by atoms with Crippen molar-refractivity contribution in [1.82, 2.24) is 9.97 Å². The predicted octanol–water partition coefficient (Wildman–Crippen LogP) is 3.79. The minimum Gasteiger partial charge on any atom is -0.478 e. The molecule has 0 unspecified atom stereocenters. The van der Waals surface area contributed by atoms with Gasteiger partial charge in [0.25, 0.3) is 0 Å². The lowest BCUT2D eigenvalue weighted by Gasteiger charge is -2.06. The molecule has 0 aliphatic rings. The lowest BCUT2D eigenvalue weighted by molar-refractivity contribution is 0.0699. The first-order valence-electron chi connectivity index (χ1n) is 5.35. The van der Waals surface area contributed by atoms with Crippen LogP contribution < -0.4 is 0 Å². The van der Waals surface area contributed by atoms with Crippen LogP contribution in [-0.2, 0) is 0 Å². The standard InChI is InChI=1S/C13H6Cl2N2O2/c14-7-4-5-8(15)12-11(7)16-9-3-1-2-6(13(18)19)10(9)17-12/h1-5H,(H,18,19). The van der Waals surface area contributed by atoms with Gasteiger partial charge in [-0.3, -0.25) is 0 Å². The van der Waals surface area contributed by atoms with E-state index >= 15 is 0 Å². The molecule has 0 saturated heterocycles. The number of fused-ring (bicyclic) bond motifs is 2. The van der Waals surface area contributed by atoms with Crippen molar-refractivity contribution in [2.45, 2.75) is 0 Å². The molecular weight excluding hydrogens is 287 g/mol. The lowest BCUT2D eigenvalue weighted by Crippen LogP contribution is -2.00. The van der Waals surface area contributed by atoms with Crippen LogP contribution in [0.4, 0.5) is 0 Å². The Kier molecular flexibility index (Phi) is 2.77. The van der Waals surface area contributed by atoms with Crippen molar-refractivity contribution in [3.8, 4) is 0 Å². The molecule has 0 aliphatic heterocycles. The minimum absolute atomic E-state index is 0.0861. The third-order valence-electron chi connectivity index (χ3n) is 2.75. The molecule has 0 aliphatic carbocycles. The maximum absolute atomic E-state index is 11.2. The van der Waals surface area contributed by atoms with Gasteiger partial charge in [-0.1, -0.05) is 29.3 Å². The Morgan fingerprint density at radius 1 is 0.947 bits per heavy atom. The maximum atomic E-state index is 11.2. The highest BCUT2D eigenvalue weighted by Gasteiger charge is 2.14. The number of carbonyl (C=O) groups is 1. The number of aromatic carboxylic acids is 1. The van der Waals surface area contributed by atoms with Crippen LogP contribution in [0.2, 0.25) is 10.0 Å². The highest BCUT2D eigenvalue weighted by Crippen LogP contribution is 2.29. The van der Waals surface area contributed by atoms with E-state index in [0.717, 1.165) is 0 Å². The van der Waals surface area contributed by atoms with Gasteiger partial charge in [0, 0.05) is 0 Å². The monoisotopic (exact) mass is 292 g/mol. The number of carboxylic acid groups (broad SMARTS) is 1. The molecule has 19 heavy (non-hydrogen) atoms. The van der Waals surface area contributed by atoms with Crippen molar-refractivity contribution in [3.05, 3.63) is 45.9 Å². The summed E-state index contributed by atoms with van der Waals surface area (Å²) in [5.74, 6) is -1.06. The maximum Gasteiger partial charge on any atom is 0.337 e. The van der Waals surface area contributed by atoms with E-state index in [1.807, 2.05) is 0 Å². The molecular formula is C13H6Cl2N2O2. The van der Waals surface area contributed by atoms with Crippen molar-refractivity contribution in [3.63, 3.8) is 0 Å². The van der Waals surface area contributed by atoms with Crippen LogP contribution >= 0.6 is 23.2 Å². The molecule has 6 heteroatoms. The lowest BCUT2D eigenvalue weighted by atomic mass is 10.1. The quantitative estimate of drug-likeness (QED) is 0.693. The Bertz CT molecular complexity index is 834. The van der Waals surface area contributed by atoms with Crippen LogP contribution in [0.25, 0.3) is 22.1 Å². The first kappa shape index (κ1) is 12.1. The number of halogens is 2. The van der Waals surface area contributed by atoms with Crippen LogP contribution in [0.1, 0.15) is 10.4 Å². The van der Waals surface area contributed by atoms with Crippen LogP contribution in [0.3, 0.4) is 0 Å². The Morgan fingerprint density at radius 3 is 2.21 bits per heavy atom. The summed E-state index contributed by atoms with van der Waals surface area (Å²) in [6.07, 6.45) is 0. The molecule has 3 aromatic rings. The third kappa shape index (κ3) is 1.89. The molecule has 0 bridgehead atoms. The fraction of sp³-hybridized carbons (Fsp3) is 0. The van der Waals surface area contributed by atoms with Crippen molar-refractivity contribution >= 4 is 51.2 Å². The van der Waals surface area contributed by atoms with Gasteiger partial charge in [-0.25, -0.2) is 14.8 Å². The average Bonchev–Trinajstić information content (AvgIpc) is 2.40. The molecule has 0 saturated carbocycles. The number of aromatic nitrogens is 2. The first-order valence-corrected chi connectivity index (χ1v) is 6.11. The number of nitrogens with zero attached hydrogens (tertiary/aromatic N) is 2. The summed E-state index contributed by atoms with van der Waals surface area (Å²) in [6.45, 7) is 0. The fourth-order valence-electron chi connectivity index (χ4n) is 1.89. The van der Waals surface area contributed by atoms with Gasteiger partial charge in [-0.2, -0.15) is 0 Å². The molecule has 0 radical (unpaired) electrons. The SMILES string of the molecule is O=C(O)c1cccc2nc3c(Cl)ccc(Cl)c3nc12. The number of carboxylic acids is 1. The van der Waals surface area contributed by atoms with Gasteiger partial charge >= 0.3 is 5.97 Å². The summed E-state index contributed by atoms with van der Waals surface area (Å²) < 4.78 is 0. The molecule has 0 amide bonds. The summed E-state index contributed by atoms with van der Waals surface area (Å²) in [4.78, 5) is 19.8. The highest BCUT2D eigenvalue weighted by atomic mass is 35.5. The smallest absolute Gasteiger partial charge is 0.337 e. The van der Waals surface area contributed by atoms with Crippen LogP contribution in [-0.4, -0.2) is 21.0 Å². The van der Waals surface area contributed by atoms with Gasteiger partial charge in [0.2, 0.25) is 0 Å². The number of hydrogen-bond acceptors (Lipinski definition) is 3. The molecule has 94 valence electrons. The second-order valence-corrected chi connectivity index (χ2v) is 4.74. The van der Waals surface area contributed by atoms with Crippen molar-refractivity contribution in [2.24, 2.45) is 0 Å². The molecule has 3 rings (SSSR count). The number of hydrogen-bond donors (Lipinski definition) is 1.